The zero-order valence-electron chi connectivity index (χ0n) is 11.6. The van der Waals surface area contributed by atoms with Crippen molar-refractivity contribution in [3.05, 3.63) is 29.8 Å². The highest BCUT2D eigenvalue weighted by Gasteiger charge is 2.37. The first kappa shape index (κ1) is 13.9. The lowest BCUT2D eigenvalue weighted by Crippen LogP contribution is -2.31. The number of hydrogen-bond donors (Lipinski definition) is 0. The molecule has 1 heterocycles. The van der Waals surface area contributed by atoms with Crippen LogP contribution in [0.4, 0.5) is 0 Å². The second-order valence-electron chi connectivity index (χ2n) is 4.95. The quantitative estimate of drug-likeness (QED) is 0.605. The molecule has 1 aromatic rings. The van der Waals surface area contributed by atoms with Gasteiger partial charge in [-0.25, -0.2) is 4.79 Å². The van der Waals surface area contributed by atoms with E-state index >= 15 is 0 Å². The zero-order valence-corrected chi connectivity index (χ0v) is 11.6. The van der Waals surface area contributed by atoms with Crippen molar-refractivity contribution >= 4 is 5.97 Å². The predicted molar refractivity (Wildman–Crippen MR) is 71.3 cm³/mol. The number of carbonyl (C=O) groups excluding carboxylic acids is 1. The smallest absolute Gasteiger partial charge is 0.348 e. The molecule has 104 valence electrons. The Morgan fingerprint density at radius 3 is 2.74 bits per heavy atom. The monoisotopic (exact) mass is 264 g/mol. The molecular formula is C15H20O4. The zero-order chi connectivity index (χ0) is 13.8. The Kier molecular flexibility index (Phi) is 4.43. The molecule has 1 aliphatic heterocycles. The van der Waals surface area contributed by atoms with Gasteiger partial charge in [0, 0.05) is 11.5 Å². The van der Waals surface area contributed by atoms with Crippen LogP contribution in [0.1, 0.15) is 32.3 Å². The van der Waals surface area contributed by atoms with Crippen LogP contribution in [0.25, 0.3) is 0 Å². The van der Waals surface area contributed by atoms with Crippen LogP contribution in [0.15, 0.2) is 24.3 Å². The molecule has 0 N–H and O–H groups in total. The van der Waals surface area contributed by atoms with E-state index in [1.165, 1.54) is 0 Å². The predicted octanol–water partition coefficient (Wildman–Crippen LogP) is 2.52. The molecule has 4 heteroatoms. The molecule has 0 bridgehead atoms. The van der Waals surface area contributed by atoms with Crippen molar-refractivity contribution in [1.82, 2.24) is 0 Å². The number of rotatable bonds is 5. The van der Waals surface area contributed by atoms with Crippen molar-refractivity contribution in [3.8, 4) is 5.75 Å². The fraction of sp³-hybridized carbons (Fsp3) is 0.533. The summed E-state index contributed by atoms with van der Waals surface area (Å²) in [5.74, 6) is 0.473. The SMILES string of the molecule is CC(C)OCCOC(=O)C1Oc2ccccc2C1C. The lowest BCUT2D eigenvalue weighted by atomic mass is 9.98. The molecule has 2 atom stereocenters. The molecule has 2 unspecified atom stereocenters. The van der Waals surface area contributed by atoms with E-state index in [0.717, 1.165) is 11.3 Å². The van der Waals surface area contributed by atoms with Gasteiger partial charge in [0.1, 0.15) is 12.4 Å². The first-order chi connectivity index (χ1) is 9.09. The Labute approximate surface area is 113 Å². The van der Waals surface area contributed by atoms with Crippen LogP contribution < -0.4 is 4.74 Å². The summed E-state index contributed by atoms with van der Waals surface area (Å²) in [7, 11) is 0. The van der Waals surface area contributed by atoms with Gasteiger partial charge in [-0.15, -0.1) is 0 Å². The van der Waals surface area contributed by atoms with Gasteiger partial charge in [-0.3, -0.25) is 0 Å². The van der Waals surface area contributed by atoms with E-state index in [-0.39, 0.29) is 24.6 Å². The van der Waals surface area contributed by atoms with Crippen molar-refractivity contribution < 1.29 is 19.0 Å². The minimum absolute atomic E-state index is 0.0229. The van der Waals surface area contributed by atoms with Crippen LogP contribution in [-0.4, -0.2) is 31.4 Å². The summed E-state index contributed by atoms with van der Waals surface area (Å²) in [6.07, 6.45) is -0.402. The first-order valence-electron chi connectivity index (χ1n) is 6.63. The molecule has 19 heavy (non-hydrogen) atoms. The summed E-state index contributed by atoms with van der Waals surface area (Å²) >= 11 is 0. The number of esters is 1. The molecule has 0 saturated heterocycles. The largest absolute Gasteiger partial charge is 0.478 e. The van der Waals surface area contributed by atoms with E-state index < -0.39 is 6.10 Å². The summed E-state index contributed by atoms with van der Waals surface area (Å²) in [5.41, 5.74) is 1.06. The minimum atomic E-state index is -0.545. The maximum atomic E-state index is 12.0. The van der Waals surface area contributed by atoms with Gasteiger partial charge in [-0.1, -0.05) is 25.1 Å². The van der Waals surface area contributed by atoms with Crippen molar-refractivity contribution in [2.75, 3.05) is 13.2 Å². The van der Waals surface area contributed by atoms with Gasteiger partial charge >= 0.3 is 5.97 Å². The fourth-order valence-electron chi connectivity index (χ4n) is 2.13. The maximum absolute atomic E-state index is 12.0. The van der Waals surface area contributed by atoms with Crippen LogP contribution in [0.5, 0.6) is 5.75 Å². The highest BCUT2D eigenvalue weighted by atomic mass is 16.6. The molecule has 0 radical (unpaired) electrons. The van der Waals surface area contributed by atoms with Crippen LogP contribution in [-0.2, 0) is 14.3 Å². The average Bonchev–Trinajstić information content (AvgIpc) is 2.72. The van der Waals surface area contributed by atoms with E-state index in [9.17, 15) is 4.79 Å². The normalized spacial score (nSPS) is 21.1. The molecule has 1 aromatic carbocycles. The molecular weight excluding hydrogens is 244 g/mol. The molecule has 2 rings (SSSR count). The third kappa shape index (κ3) is 3.26. The lowest BCUT2D eigenvalue weighted by Gasteiger charge is -2.15. The molecule has 4 nitrogen and oxygen atoms in total. The van der Waals surface area contributed by atoms with Crippen molar-refractivity contribution in [2.24, 2.45) is 0 Å². The Morgan fingerprint density at radius 2 is 2.05 bits per heavy atom. The standard InChI is InChI=1S/C15H20O4/c1-10(2)17-8-9-18-15(16)14-11(3)12-6-4-5-7-13(12)19-14/h4-7,10-11,14H,8-9H2,1-3H3. The van der Waals surface area contributed by atoms with Gasteiger partial charge in [-0.2, -0.15) is 0 Å². The van der Waals surface area contributed by atoms with Gasteiger partial charge in [0.05, 0.1) is 12.7 Å². The number of para-hydroxylation sites is 1. The molecule has 0 saturated carbocycles. The Morgan fingerprint density at radius 1 is 1.32 bits per heavy atom. The number of carbonyl (C=O) groups is 1. The number of fused-ring (bicyclic) bond motifs is 1. The minimum Gasteiger partial charge on any atom is -0.478 e. The molecule has 0 amide bonds. The van der Waals surface area contributed by atoms with E-state index in [1.807, 2.05) is 45.0 Å². The van der Waals surface area contributed by atoms with Gasteiger partial charge in [0.2, 0.25) is 6.10 Å². The van der Waals surface area contributed by atoms with Crippen LogP contribution in [0, 0.1) is 0 Å². The van der Waals surface area contributed by atoms with Gasteiger partial charge in [0.25, 0.3) is 0 Å². The van der Waals surface area contributed by atoms with Gasteiger partial charge < -0.3 is 14.2 Å². The Bertz CT molecular complexity index is 442. The van der Waals surface area contributed by atoms with E-state index in [0.29, 0.717) is 6.61 Å². The third-order valence-electron chi connectivity index (χ3n) is 3.13. The topological polar surface area (TPSA) is 44.8 Å². The first-order valence-corrected chi connectivity index (χ1v) is 6.63. The van der Waals surface area contributed by atoms with Crippen LogP contribution in [0.2, 0.25) is 0 Å². The van der Waals surface area contributed by atoms with Crippen molar-refractivity contribution in [1.29, 1.82) is 0 Å². The summed E-state index contributed by atoms with van der Waals surface area (Å²) < 4.78 is 16.2. The second-order valence-corrected chi connectivity index (χ2v) is 4.95. The molecule has 0 aromatic heterocycles. The number of hydrogen-bond acceptors (Lipinski definition) is 4. The van der Waals surface area contributed by atoms with E-state index in [4.69, 9.17) is 14.2 Å². The van der Waals surface area contributed by atoms with E-state index in [1.54, 1.807) is 0 Å². The molecule has 0 aliphatic carbocycles. The van der Waals surface area contributed by atoms with Crippen molar-refractivity contribution in [3.63, 3.8) is 0 Å². The fourth-order valence-corrected chi connectivity index (χ4v) is 2.13. The highest BCUT2D eigenvalue weighted by molar-refractivity contribution is 5.78. The average molecular weight is 264 g/mol. The van der Waals surface area contributed by atoms with E-state index in [2.05, 4.69) is 0 Å². The highest BCUT2D eigenvalue weighted by Crippen LogP contribution is 2.37. The lowest BCUT2D eigenvalue weighted by molar-refractivity contribution is -0.153. The number of benzene rings is 1. The van der Waals surface area contributed by atoms with Crippen LogP contribution in [0.3, 0.4) is 0 Å². The summed E-state index contributed by atoms with van der Waals surface area (Å²) in [4.78, 5) is 12.0. The Balaban J connectivity index is 1.85. The molecule has 1 aliphatic rings. The maximum Gasteiger partial charge on any atom is 0.348 e. The Hall–Kier alpha value is -1.55. The van der Waals surface area contributed by atoms with Crippen molar-refractivity contribution in [2.45, 2.75) is 38.9 Å². The second kappa shape index (κ2) is 6.06. The summed E-state index contributed by atoms with van der Waals surface area (Å²) in [5, 5.41) is 0. The number of ether oxygens (including phenoxy) is 3. The molecule has 0 fully saturated rings. The van der Waals surface area contributed by atoms with Gasteiger partial charge in [-0.05, 0) is 19.9 Å². The van der Waals surface area contributed by atoms with Crippen LogP contribution >= 0.6 is 0 Å². The third-order valence-corrected chi connectivity index (χ3v) is 3.13. The molecule has 0 spiro atoms. The summed E-state index contributed by atoms with van der Waals surface area (Å²) in [6, 6.07) is 7.70. The van der Waals surface area contributed by atoms with Gasteiger partial charge in [0.15, 0.2) is 0 Å². The summed E-state index contributed by atoms with van der Waals surface area (Å²) in [6.45, 7) is 6.54.